The van der Waals surface area contributed by atoms with Gasteiger partial charge in [0.2, 0.25) is 10.0 Å². The van der Waals surface area contributed by atoms with Crippen LogP contribution in [-0.4, -0.2) is 33.2 Å². The molecule has 0 atom stereocenters. The molecule has 0 aliphatic carbocycles. The standard InChI is InChI=1S/C14H22BrN3O4S/c1-9-7-10(15)11(16)8-12(9)23(20,21)18-6-5-17-13(19)22-14(2,3)4/h7-8,18H,5-6,16H2,1-4H3,(H,17,19). The third kappa shape index (κ3) is 6.36. The second-order valence-corrected chi connectivity index (χ2v) is 8.56. The predicted octanol–water partition coefficient (Wildman–Crippen LogP) is 2.14. The zero-order chi connectivity index (χ0) is 17.8. The first-order valence-electron chi connectivity index (χ1n) is 6.94. The maximum Gasteiger partial charge on any atom is 0.407 e. The van der Waals surface area contributed by atoms with E-state index in [-0.39, 0.29) is 18.0 Å². The lowest BCUT2D eigenvalue weighted by molar-refractivity contribution is 0.0529. The number of alkyl carbamates (subject to hydrolysis) is 1. The molecule has 0 spiro atoms. The third-order valence-corrected chi connectivity index (χ3v) is 4.96. The molecular formula is C14H22BrN3O4S. The van der Waals surface area contributed by atoms with Gasteiger partial charge in [-0.3, -0.25) is 0 Å². The number of halogens is 1. The average molecular weight is 408 g/mol. The van der Waals surface area contributed by atoms with E-state index in [9.17, 15) is 13.2 Å². The molecule has 1 amide bonds. The lowest BCUT2D eigenvalue weighted by Crippen LogP contribution is -2.38. The Hall–Kier alpha value is -1.32. The fourth-order valence-electron chi connectivity index (χ4n) is 1.70. The van der Waals surface area contributed by atoms with Crippen molar-refractivity contribution in [2.24, 2.45) is 0 Å². The van der Waals surface area contributed by atoms with Crippen LogP contribution in [0.15, 0.2) is 21.5 Å². The van der Waals surface area contributed by atoms with Gasteiger partial charge in [-0.25, -0.2) is 17.9 Å². The number of carbonyl (C=O) groups is 1. The van der Waals surface area contributed by atoms with E-state index in [2.05, 4.69) is 26.0 Å². The van der Waals surface area contributed by atoms with Crippen LogP contribution in [0.1, 0.15) is 26.3 Å². The molecule has 130 valence electrons. The number of rotatable bonds is 5. The summed E-state index contributed by atoms with van der Waals surface area (Å²) in [4.78, 5) is 11.6. The van der Waals surface area contributed by atoms with Crippen molar-refractivity contribution in [3.05, 3.63) is 22.2 Å². The Labute approximate surface area is 145 Å². The zero-order valence-corrected chi connectivity index (χ0v) is 16.0. The van der Waals surface area contributed by atoms with Crippen molar-refractivity contribution >= 4 is 37.7 Å². The summed E-state index contributed by atoms with van der Waals surface area (Å²) >= 11 is 3.25. The summed E-state index contributed by atoms with van der Waals surface area (Å²) in [5, 5.41) is 2.48. The summed E-state index contributed by atoms with van der Waals surface area (Å²) in [5.41, 5.74) is 6.03. The van der Waals surface area contributed by atoms with Gasteiger partial charge in [-0.05, 0) is 61.3 Å². The van der Waals surface area contributed by atoms with Gasteiger partial charge in [-0.1, -0.05) is 0 Å². The van der Waals surface area contributed by atoms with Crippen molar-refractivity contribution < 1.29 is 17.9 Å². The number of hydrogen-bond donors (Lipinski definition) is 3. The van der Waals surface area contributed by atoms with Crippen molar-refractivity contribution in [1.82, 2.24) is 10.0 Å². The summed E-state index contributed by atoms with van der Waals surface area (Å²) in [6.07, 6.45) is -0.597. The molecule has 0 saturated carbocycles. The van der Waals surface area contributed by atoms with Crippen LogP contribution < -0.4 is 15.8 Å². The molecule has 0 unspecified atom stereocenters. The highest BCUT2D eigenvalue weighted by Gasteiger charge is 2.19. The molecule has 4 N–H and O–H groups in total. The van der Waals surface area contributed by atoms with Crippen molar-refractivity contribution in [3.63, 3.8) is 0 Å². The van der Waals surface area contributed by atoms with E-state index < -0.39 is 21.7 Å². The Balaban J connectivity index is 2.61. The van der Waals surface area contributed by atoms with Crippen molar-refractivity contribution in [2.45, 2.75) is 38.2 Å². The average Bonchev–Trinajstić information content (AvgIpc) is 2.37. The minimum Gasteiger partial charge on any atom is -0.444 e. The van der Waals surface area contributed by atoms with Crippen molar-refractivity contribution in [3.8, 4) is 0 Å². The summed E-state index contributed by atoms with van der Waals surface area (Å²) < 4.78 is 32.6. The summed E-state index contributed by atoms with van der Waals surface area (Å²) in [6.45, 7) is 7.07. The minimum atomic E-state index is -3.71. The maximum atomic E-state index is 12.3. The van der Waals surface area contributed by atoms with Gasteiger partial charge in [0.1, 0.15) is 5.60 Å². The SMILES string of the molecule is Cc1cc(Br)c(N)cc1S(=O)(=O)NCCNC(=O)OC(C)(C)C. The molecule has 9 heteroatoms. The van der Waals surface area contributed by atoms with Crippen molar-refractivity contribution in [2.75, 3.05) is 18.8 Å². The van der Waals surface area contributed by atoms with Crippen LogP contribution in [0.4, 0.5) is 10.5 Å². The molecule has 7 nitrogen and oxygen atoms in total. The highest BCUT2D eigenvalue weighted by atomic mass is 79.9. The number of nitrogens with one attached hydrogen (secondary N) is 2. The number of benzene rings is 1. The second kappa shape index (κ2) is 7.50. The van der Waals surface area contributed by atoms with Crippen LogP contribution in [0.3, 0.4) is 0 Å². The number of nitrogen functional groups attached to an aromatic ring is 1. The first-order chi connectivity index (χ1) is 10.4. The summed E-state index contributed by atoms with van der Waals surface area (Å²) in [7, 11) is -3.71. The quantitative estimate of drug-likeness (QED) is 0.511. The summed E-state index contributed by atoms with van der Waals surface area (Å²) in [5.74, 6) is 0. The van der Waals surface area contributed by atoms with Crippen molar-refractivity contribution in [1.29, 1.82) is 0 Å². The predicted molar refractivity (Wildman–Crippen MR) is 92.7 cm³/mol. The number of nitrogens with two attached hydrogens (primary N) is 1. The van der Waals surface area contributed by atoms with Crippen LogP contribution in [-0.2, 0) is 14.8 Å². The first kappa shape index (κ1) is 19.7. The maximum absolute atomic E-state index is 12.3. The molecule has 0 aliphatic rings. The molecule has 1 aromatic carbocycles. The highest BCUT2D eigenvalue weighted by Crippen LogP contribution is 2.26. The van der Waals surface area contributed by atoms with Crippen LogP contribution >= 0.6 is 15.9 Å². The van der Waals surface area contributed by atoms with E-state index >= 15 is 0 Å². The van der Waals surface area contributed by atoms with Crippen LogP contribution in [0.25, 0.3) is 0 Å². The van der Waals surface area contributed by atoms with E-state index in [4.69, 9.17) is 10.5 Å². The smallest absolute Gasteiger partial charge is 0.407 e. The number of aryl methyl sites for hydroxylation is 1. The topological polar surface area (TPSA) is 111 Å². The molecule has 0 saturated heterocycles. The highest BCUT2D eigenvalue weighted by molar-refractivity contribution is 9.10. The number of hydrogen-bond acceptors (Lipinski definition) is 5. The van der Waals surface area contributed by atoms with Gasteiger partial charge in [-0.2, -0.15) is 0 Å². The van der Waals surface area contributed by atoms with Gasteiger partial charge in [0, 0.05) is 23.2 Å². The fraction of sp³-hybridized carbons (Fsp3) is 0.500. The Morgan fingerprint density at radius 1 is 1.30 bits per heavy atom. The lowest BCUT2D eigenvalue weighted by Gasteiger charge is -2.19. The third-order valence-electron chi connectivity index (χ3n) is 2.67. The normalized spacial score (nSPS) is 12.0. The minimum absolute atomic E-state index is 0.0387. The zero-order valence-electron chi connectivity index (χ0n) is 13.6. The van der Waals surface area contributed by atoms with Gasteiger partial charge in [0.25, 0.3) is 0 Å². The van der Waals surface area contributed by atoms with Gasteiger partial charge < -0.3 is 15.8 Å². The fourth-order valence-corrected chi connectivity index (χ4v) is 3.45. The van der Waals surface area contributed by atoms with Gasteiger partial charge in [0.15, 0.2) is 0 Å². The Bertz CT molecular complexity index is 684. The molecule has 1 rings (SSSR count). The lowest BCUT2D eigenvalue weighted by atomic mass is 10.2. The van der Waals surface area contributed by atoms with Gasteiger partial charge >= 0.3 is 6.09 Å². The molecule has 0 heterocycles. The Morgan fingerprint density at radius 2 is 1.91 bits per heavy atom. The molecule has 23 heavy (non-hydrogen) atoms. The molecule has 1 aromatic rings. The van der Waals surface area contributed by atoms with E-state index in [0.29, 0.717) is 15.7 Å². The number of sulfonamides is 1. The van der Waals surface area contributed by atoms with Gasteiger partial charge in [-0.15, -0.1) is 0 Å². The number of carbonyl (C=O) groups excluding carboxylic acids is 1. The number of anilines is 1. The first-order valence-corrected chi connectivity index (χ1v) is 9.22. The van der Waals surface area contributed by atoms with E-state index in [1.165, 1.54) is 6.07 Å². The number of ether oxygens (including phenoxy) is 1. The largest absolute Gasteiger partial charge is 0.444 e. The Morgan fingerprint density at radius 3 is 2.48 bits per heavy atom. The monoisotopic (exact) mass is 407 g/mol. The number of amides is 1. The molecule has 0 aromatic heterocycles. The second-order valence-electron chi connectivity index (χ2n) is 5.97. The van der Waals surface area contributed by atoms with Crippen LogP contribution in [0, 0.1) is 6.92 Å². The summed E-state index contributed by atoms with van der Waals surface area (Å²) in [6, 6.07) is 3.03. The molecule has 0 fully saturated rings. The Kier molecular flexibility index (Phi) is 6.43. The van der Waals surface area contributed by atoms with Crippen LogP contribution in [0.2, 0.25) is 0 Å². The molecule has 0 aliphatic heterocycles. The van der Waals surface area contributed by atoms with Gasteiger partial charge in [0.05, 0.1) is 4.90 Å². The van der Waals surface area contributed by atoms with Crippen LogP contribution in [0.5, 0.6) is 0 Å². The van der Waals surface area contributed by atoms with E-state index in [0.717, 1.165) is 0 Å². The van der Waals surface area contributed by atoms with E-state index in [1.807, 2.05) is 0 Å². The molecular weight excluding hydrogens is 386 g/mol. The molecule has 0 bridgehead atoms. The van der Waals surface area contributed by atoms with E-state index in [1.54, 1.807) is 33.8 Å². The molecule has 0 radical (unpaired) electrons.